The number of hydrogen-bond acceptors (Lipinski definition) is 4. The molecule has 172 valence electrons. The lowest BCUT2D eigenvalue weighted by molar-refractivity contribution is 0.0493. The molecule has 0 saturated heterocycles. The van der Waals surface area contributed by atoms with Gasteiger partial charge in [0.15, 0.2) is 23.1 Å². The monoisotopic (exact) mass is 605 g/mol. The van der Waals surface area contributed by atoms with E-state index in [4.69, 9.17) is 37.8 Å². The summed E-state index contributed by atoms with van der Waals surface area (Å²) in [7, 11) is 0. The van der Waals surface area contributed by atoms with Gasteiger partial charge in [0.1, 0.15) is 12.2 Å². The van der Waals surface area contributed by atoms with Crippen molar-refractivity contribution in [2.45, 2.75) is 39.3 Å². The second kappa shape index (κ2) is 12.1. The molecule has 2 aromatic rings. The fourth-order valence-corrected chi connectivity index (χ4v) is 2.85. The smallest absolute Gasteiger partial charge is 0.407 e. The van der Waals surface area contributed by atoms with Crippen LogP contribution in [0.2, 0.25) is 10.0 Å². The van der Waals surface area contributed by atoms with Crippen molar-refractivity contribution in [1.29, 1.82) is 0 Å². The van der Waals surface area contributed by atoms with Crippen LogP contribution in [0.1, 0.15) is 27.7 Å². The van der Waals surface area contributed by atoms with Crippen LogP contribution in [0.15, 0.2) is 33.2 Å². The highest BCUT2D eigenvalue weighted by molar-refractivity contribution is 9.10. The van der Waals surface area contributed by atoms with E-state index in [1.54, 1.807) is 27.7 Å². The maximum atomic E-state index is 13.6. The molecule has 0 spiro atoms. The van der Waals surface area contributed by atoms with E-state index in [2.05, 4.69) is 37.2 Å². The molecule has 31 heavy (non-hydrogen) atoms. The number of phenolic OH excluding ortho intramolecular Hbond substituents is 1. The molecule has 2 rings (SSSR count). The summed E-state index contributed by atoms with van der Waals surface area (Å²) in [6.45, 7) is 7.15. The SMILES string of the molecule is CC(COc1cc(Br)c(Cl)cc1F)NC(=O)OC(C)(C)C.Oc1cc(Br)c(Cl)cc1F. The third-order valence-electron chi connectivity index (χ3n) is 3.22. The first-order chi connectivity index (χ1) is 14.2. The number of alkyl carbamates (subject to hydrolysis) is 1. The standard InChI is InChI=1S/C14H18BrClFNO3.C6H3BrClFO/c1-8(18-13(19)21-14(2,3)4)7-20-12-5-9(15)10(16)6-11(12)17;7-3-1-6(10)5(9)2-4(3)8/h5-6,8H,7H2,1-4H3,(H,18,19);1-2,10H. The van der Waals surface area contributed by atoms with Crippen LogP contribution in [0.5, 0.6) is 11.5 Å². The van der Waals surface area contributed by atoms with E-state index in [1.807, 2.05) is 0 Å². The summed E-state index contributed by atoms with van der Waals surface area (Å²) in [6, 6.07) is 4.51. The van der Waals surface area contributed by atoms with E-state index in [0.29, 0.717) is 8.95 Å². The first-order valence-corrected chi connectivity index (χ1v) is 11.1. The molecule has 1 unspecified atom stereocenters. The maximum Gasteiger partial charge on any atom is 0.407 e. The number of carbonyl (C=O) groups is 1. The Morgan fingerprint density at radius 1 is 1.10 bits per heavy atom. The first-order valence-electron chi connectivity index (χ1n) is 8.80. The molecule has 5 nitrogen and oxygen atoms in total. The van der Waals surface area contributed by atoms with Gasteiger partial charge >= 0.3 is 6.09 Å². The number of rotatable bonds is 4. The van der Waals surface area contributed by atoms with Gasteiger partial charge in [0, 0.05) is 8.95 Å². The van der Waals surface area contributed by atoms with Gasteiger partial charge in [-0.05, 0) is 83.8 Å². The van der Waals surface area contributed by atoms with E-state index >= 15 is 0 Å². The molecule has 0 fully saturated rings. The van der Waals surface area contributed by atoms with Gasteiger partial charge in [0.05, 0.1) is 16.1 Å². The molecule has 0 saturated carbocycles. The van der Waals surface area contributed by atoms with Crippen molar-refractivity contribution in [1.82, 2.24) is 5.32 Å². The van der Waals surface area contributed by atoms with Gasteiger partial charge in [-0.1, -0.05) is 23.2 Å². The van der Waals surface area contributed by atoms with Crippen molar-refractivity contribution in [3.63, 3.8) is 0 Å². The molecule has 0 heterocycles. The molecular formula is C20H21Br2Cl2F2NO4. The Morgan fingerprint density at radius 2 is 1.61 bits per heavy atom. The number of halogens is 6. The first kappa shape index (κ1) is 27.7. The van der Waals surface area contributed by atoms with Crippen molar-refractivity contribution in [3.05, 3.63) is 54.9 Å². The third-order valence-corrected chi connectivity index (χ3v) is 5.61. The lowest BCUT2D eigenvalue weighted by atomic mass is 10.2. The number of aromatic hydroxyl groups is 1. The molecule has 1 atom stereocenters. The van der Waals surface area contributed by atoms with E-state index in [0.717, 1.165) is 12.1 Å². The Bertz CT molecular complexity index is 877. The average molecular weight is 608 g/mol. The molecule has 2 aromatic carbocycles. The second-order valence-corrected chi connectivity index (χ2v) is 9.80. The highest BCUT2D eigenvalue weighted by atomic mass is 79.9. The molecular weight excluding hydrogens is 587 g/mol. The lowest BCUT2D eigenvalue weighted by Crippen LogP contribution is -2.40. The zero-order chi connectivity index (χ0) is 23.9. The lowest BCUT2D eigenvalue weighted by Gasteiger charge is -2.22. The Hall–Kier alpha value is -1.29. The van der Waals surface area contributed by atoms with Gasteiger partial charge in [0.2, 0.25) is 0 Å². The van der Waals surface area contributed by atoms with Crippen molar-refractivity contribution in [2.75, 3.05) is 6.61 Å². The molecule has 0 bridgehead atoms. The number of ether oxygens (including phenoxy) is 2. The second-order valence-electron chi connectivity index (χ2n) is 7.27. The summed E-state index contributed by atoms with van der Waals surface area (Å²) in [5, 5.41) is 11.9. The number of benzene rings is 2. The van der Waals surface area contributed by atoms with E-state index < -0.39 is 29.1 Å². The normalized spacial score (nSPS) is 11.8. The summed E-state index contributed by atoms with van der Waals surface area (Å²) < 4.78 is 37.5. The predicted octanol–water partition coefficient (Wildman–Crippen LogP) is 7.48. The van der Waals surface area contributed by atoms with E-state index in [9.17, 15) is 13.6 Å². The molecule has 0 aromatic heterocycles. The van der Waals surface area contributed by atoms with Crippen LogP contribution in [0.3, 0.4) is 0 Å². The fourth-order valence-electron chi connectivity index (χ4n) is 1.89. The van der Waals surface area contributed by atoms with Crippen LogP contribution in [0.25, 0.3) is 0 Å². The summed E-state index contributed by atoms with van der Waals surface area (Å²) in [5.74, 6) is -1.62. The summed E-state index contributed by atoms with van der Waals surface area (Å²) >= 11 is 17.5. The predicted molar refractivity (Wildman–Crippen MR) is 124 cm³/mol. The highest BCUT2D eigenvalue weighted by Gasteiger charge is 2.18. The van der Waals surface area contributed by atoms with Crippen molar-refractivity contribution in [3.8, 4) is 11.5 Å². The Labute approximate surface area is 206 Å². The molecule has 11 heteroatoms. The number of hydrogen-bond donors (Lipinski definition) is 2. The van der Waals surface area contributed by atoms with Crippen molar-refractivity contribution in [2.24, 2.45) is 0 Å². The van der Waals surface area contributed by atoms with Gasteiger partial charge in [-0.15, -0.1) is 0 Å². The maximum absolute atomic E-state index is 13.6. The van der Waals surface area contributed by atoms with Crippen LogP contribution >= 0.6 is 55.1 Å². The molecule has 0 aliphatic rings. The zero-order valence-electron chi connectivity index (χ0n) is 17.0. The average Bonchev–Trinajstić information content (AvgIpc) is 2.61. The third kappa shape index (κ3) is 10.2. The Kier molecular flexibility index (Phi) is 10.8. The summed E-state index contributed by atoms with van der Waals surface area (Å²) in [6.07, 6.45) is -0.545. The quantitative estimate of drug-likeness (QED) is 0.354. The molecule has 1 amide bonds. The summed E-state index contributed by atoms with van der Waals surface area (Å²) in [4.78, 5) is 11.6. The van der Waals surface area contributed by atoms with Crippen LogP contribution in [-0.4, -0.2) is 29.4 Å². The number of phenols is 1. The Balaban J connectivity index is 0.000000399. The van der Waals surface area contributed by atoms with Gasteiger partial charge in [-0.2, -0.15) is 0 Å². The van der Waals surface area contributed by atoms with Gasteiger partial charge in [-0.25, -0.2) is 13.6 Å². The van der Waals surface area contributed by atoms with Crippen molar-refractivity contribution >= 4 is 61.2 Å². The van der Waals surface area contributed by atoms with E-state index in [-0.39, 0.29) is 28.4 Å². The topological polar surface area (TPSA) is 67.8 Å². The van der Waals surface area contributed by atoms with Crippen LogP contribution in [0, 0.1) is 11.6 Å². The largest absolute Gasteiger partial charge is 0.505 e. The molecule has 2 N–H and O–H groups in total. The van der Waals surface area contributed by atoms with E-state index in [1.165, 1.54) is 12.1 Å². The minimum atomic E-state index is -0.715. The molecule has 0 aliphatic carbocycles. The van der Waals surface area contributed by atoms with Crippen LogP contribution in [-0.2, 0) is 4.74 Å². The minimum Gasteiger partial charge on any atom is -0.505 e. The van der Waals surface area contributed by atoms with Crippen molar-refractivity contribution < 1.29 is 28.2 Å². The molecule has 0 aliphatic heterocycles. The van der Waals surface area contributed by atoms with Gasteiger partial charge in [0.25, 0.3) is 0 Å². The summed E-state index contributed by atoms with van der Waals surface area (Å²) in [5.41, 5.74) is -0.572. The fraction of sp³-hybridized carbons (Fsp3) is 0.350. The van der Waals surface area contributed by atoms with Crippen LogP contribution in [0.4, 0.5) is 13.6 Å². The highest BCUT2D eigenvalue weighted by Crippen LogP contribution is 2.30. The Morgan fingerprint density at radius 3 is 2.13 bits per heavy atom. The molecule has 0 radical (unpaired) electrons. The number of nitrogens with one attached hydrogen (secondary N) is 1. The zero-order valence-corrected chi connectivity index (χ0v) is 21.7. The van der Waals surface area contributed by atoms with Crippen LogP contribution < -0.4 is 10.1 Å². The number of carbonyl (C=O) groups excluding carboxylic acids is 1. The minimum absolute atomic E-state index is 0.0594. The van der Waals surface area contributed by atoms with Gasteiger partial charge in [-0.3, -0.25) is 0 Å². The number of amides is 1. The van der Waals surface area contributed by atoms with Gasteiger partial charge < -0.3 is 19.9 Å².